The molecule has 1 heterocycles. The Morgan fingerprint density at radius 2 is 1.88 bits per heavy atom. The summed E-state index contributed by atoms with van der Waals surface area (Å²) >= 11 is 5.64. The van der Waals surface area contributed by atoms with Crippen molar-refractivity contribution < 1.29 is 9.47 Å². The topological polar surface area (TPSA) is 44.2 Å². The van der Waals surface area contributed by atoms with Gasteiger partial charge in [0.15, 0.2) is 16.7 Å². The molecule has 17 heavy (non-hydrogen) atoms. The highest BCUT2D eigenvalue weighted by Crippen LogP contribution is 2.31. The normalized spacial score (nSPS) is 10.1. The van der Waals surface area contributed by atoms with Crippen LogP contribution in [0.5, 0.6) is 17.4 Å². The van der Waals surface area contributed by atoms with Crippen LogP contribution in [0.25, 0.3) is 0 Å². The molecule has 0 saturated heterocycles. The van der Waals surface area contributed by atoms with E-state index in [0.717, 1.165) is 5.56 Å². The molecule has 0 N–H and O–H groups in total. The van der Waals surface area contributed by atoms with Crippen LogP contribution >= 0.6 is 11.6 Å². The van der Waals surface area contributed by atoms with Crippen LogP contribution in [-0.4, -0.2) is 17.3 Å². The largest absolute Gasteiger partial charge is 0.493 e. The van der Waals surface area contributed by atoms with Crippen molar-refractivity contribution in [2.45, 2.75) is 6.92 Å². The van der Waals surface area contributed by atoms with E-state index >= 15 is 0 Å². The summed E-state index contributed by atoms with van der Waals surface area (Å²) in [6.07, 6.45) is 0. The number of aryl methyl sites for hydroxylation is 1. The highest BCUT2D eigenvalue weighted by molar-refractivity contribution is 6.29. The smallest absolute Gasteiger partial charge is 0.239 e. The number of hydrogen-bond donors (Lipinski definition) is 0. The van der Waals surface area contributed by atoms with Crippen molar-refractivity contribution in [2.75, 3.05) is 7.11 Å². The van der Waals surface area contributed by atoms with E-state index in [1.807, 2.05) is 25.1 Å². The second kappa shape index (κ2) is 5.01. The summed E-state index contributed by atoms with van der Waals surface area (Å²) in [4.78, 5) is 0. The van der Waals surface area contributed by atoms with Crippen molar-refractivity contribution in [3.05, 3.63) is 41.0 Å². The zero-order valence-electron chi connectivity index (χ0n) is 9.48. The van der Waals surface area contributed by atoms with Crippen LogP contribution in [0.1, 0.15) is 5.56 Å². The maximum absolute atomic E-state index is 5.64. The molecule has 0 saturated carbocycles. The summed E-state index contributed by atoms with van der Waals surface area (Å²) in [7, 11) is 1.59. The van der Waals surface area contributed by atoms with Crippen molar-refractivity contribution in [3.8, 4) is 17.4 Å². The molecule has 5 heteroatoms. The van der Waals surface area contributed by atoms with E-state index in [4.69, 9.17) is 21.1 Å². The first-order chi connectivity index (χ1) is 8.19. The Kier molecular flexibility index (Phi) is 3.44. The highest BCUT2D eigenvalue weighted by atomic mass is 35.5. The zero-order valence-corrected chi connectivity index (χ0v) is 10.2. The molecule has 1 aromatic carbocycles. The van der Waals surface area contributed by atoms with Crippen LogP contribution in [0.2, 0.25) is 5.15 Å². The third-order valence-corrected chi connectivity index (χ3v) is 2.34. The van der Waals surface area contributed by atoms with Gasteiger partial charge in [-0.3, -0.25) is 0 Å². The van der Waals surface area contributed by atoms with Gasteiger partial charge in [0.05, 0.1) is 7.11 Å². The van der Waals surface area contributed by atoms with Gasteiger partial charge in [0, 0.05) is 6.07 Å². The molecule has 2 rings (SSSR count). The fraction of sp³-hybridized carbons (Fsp3) is 0.167. The summed E-state index contributed by atoms with van der Waals surface area (Å²) in [6, 6.07) is 8.92. The van der Waals surface area contributed by atoms with Gasteiger partial charge >= 0.3 is 0 Å². The van der Waals surface area contributed by atoms with Gasteiger partial charge in [0.1, 0.15) is 0 Å². The molecule has 0 amide bonds. The fourth-order valence-corrected chi connectivity index (χ4v) is 1.44. The molecule has 2 aromatic rings. The second-order valence-electron chi connectivity index (χ2n) is 3.45. The summed E-state index contributed by atoms with van der Waals surface area (Å²) in [5.74, 6) is 1.62. The molecule has 88 valence electrons. The van der Waals surface area contributed by atoms with Crippen LogP contribution in [0.4, 0.5) is 0 Å². The quantitative estimate of drug-likeness (QED) is 0.839. The lowest BCUT2D eigenvalue weighted by Gasteiger charge is -2.09. The van der Waals surface area contributed by atoms with E-state index < -0.39 is 0 Å². The molecule has 0 fully saturated rings. The first-order valence-corrected chi connectivity index (χ1v) is 5.38. The van der Waals surface area contributed by atoms with E-state index in [1.165, 1.54) is 0 Å². The molecule has 0 bridgehead atoms. The fourth-order valence-electron chi connectivity index (χ4n) is 1.33. The highest BCUT2D eigenvalue weighted by Gasteiger charge is 2.06. The predicted molar refractivity (Wildman–Crippen MR) is 64.8 cm³/mol. The van der Waals surface area contributed by atoms with E-state index in [0.29, 0.717) is 22.5 Å². The molecule has 0 aliphatic rings. The number of rotatable bonds is 3. The first kappa shape index (κ1) is 11.7. The lowest BCUT2D eigenvalue weighted by atomic mass is 10.2. The van der Waals surface area contributed by atoms with Gasteiger partial charge in [-0.2, -0.15) is 0 Å². The van der Waals surface area contributed by atoms with E-state index in [9.17, 15) is 0 Å². The van der Waals surface area contributed by atoms with Gasteiger partial charge in [0.2, 0.25) is 5.88 Å². The minimum Gasteiger partial charge on any atom is -0.493 e. The molecular weight excluding hydrogens is 240 g/mol. The third kappa shape index (κ3) is 2.85. The lowest BCUT2D eigenvalue weighted by Crippen LogP contribution is -1.93. The van der Waals surface area contributed by atoms with E-state index in [1.54, 1.807) is 19.2 Å². The van der Waals surface area contributed by atoms with Crippen molar-refractivity contribution in [2.24, 2.45) is 0 Å². The van der Waals surface area contributed by atoms with Gasteiger partial charge < -0.3 is 9.47 Å². The predicted octanol–water partition coefficient (Wildman–Crippen LogP) is 3.24. The van der Waals surface area contributed by atoms with Gasteiger partial charge in [0.25, 0.3) is 0 Å². The Bertz CT molecular complexity index is 514. The minimum atomic E-state index is 0.327. The Hall–Kier alpha value is -1.81. The molecule has 0 aliphatic carbocycles. The van der Waals surface area contributed by atoms with Crippen LogP contribution in [0.15, 0.2) is 30.3 Å². The Morgan fingerprint density at radius 1 is 1.06 bits per heavy atom. The average molecular weight is 251 g/mol. The average Bonchev–Trinajstić information content (AvgIpc) is 2.32. The van der Waals surface area contributed by atoms with Gasteiger partial charge in [-0.15, -0.1) is 10.2 Å². The molecular formula is C12H11ClN2O2. The number of ether oxygens (including phenoxy) is 2. The number of halogens is 1. The Morgan fingerprint density at radius 3 is 2.53 bits per heavy atom. The standard InChI is InChI=1S/C12H11ClN2O2/c1-8-3-4-9(16-2)10(7-8)17-12-6-5-11(13)14-15-12/h3-7H,1-2H3. The minimum absolute atomic E-state index is 0.327. The Balaban J connectivity index is 2.28. The second-order valence-corrected chi connectivity index (χ2v) is 3.84. The van der Waals surface area contributed by atoms with Crippen LogP contribution in [-0.2, 0) is 0 Å². The zero-order chi connectivity index (χ0) is 12.3. The third-order valence-electron chi connectivity index (χ3n) is 2.14. The summed E-state index contributed by atoms with van der Waals surface area (Å²) in [5.41, 5.74) is 1.07. The van der Waals surface area contributed by atoms with E-state index in [-0.39, 0.29) is 0 Å². The molecule has 0 radical (unpaired) electrons. The first-order valence-electron chi connectivity index (χ1n) is 5.01. The van der Waals surface area contributed by atoms with Crippen LogP contribution in [0, 0.1) is 6.92 Å². The van der Waals surface area contributed by atoms with Gasteiger partial charge in [-0.25, -0.2) is 0 Å². The number of nitrogens with zero attached hydrogens (tertiary/aromatic N) is 2. The maximum Gasteiger partial charge on any atom is 0.239 e. The number of methoxy groups -OCH3 is 1. The summed E-state index contributed by atoms with van der Waals surface area (Å²) in [6.45, 7) is 1.97. The van der Waals surface area contributed by atoms with Crippen molar-refractivity contribution in [1.82, 2.24) is 10.2 Å². The van der Waals surface area contributed by atoms with Crippen molar-refractivity contribution >= 4 is 11.6 Å². The number of hydrogen-bond acceptors (Lipinski definition) is 4. The molecule has 0 unspecified atom stereocenters. The Labute approximate surface area is 104 Å². The van der Waals surface area contributed by atoms with Gasteiger partial charge in [-0.05, 0) is 30.7 Å². The SMILES string of the molecule is COc1ccc(C)cc1Oc1ccc(Cl)nn1. The van der Waals surface area contributed by atoms with Crippen molar-refractivity contribution in [1.29, 1.82) is 0 Å². The van der Waals surface area contributed by atoms with E-state index in [2.05, 4.69) is 10.2 Å². The monoisotopic (exact) mass is 250 g/mol. The molecule has 4 nitrogen and oxygen atoms in total. The van der Waals surface area contributed by atoms with Crippen LogP contribution < -0.4 is 9.47 Å². The summed E-state index contributed by atoms with van der Waals surface area (Å²) < 4.78 is 10.8. The van der Waals surface area contributed by atoms with Crippen molar-refractivity contribution in [3.63, 3.8) is 0 Å². The molecule has 1 aromatic heterocycles. The molecule has 0 atom stereocenters. The maximum atomic E-state index is 5.64. The molecule has 0 aliphatic heterocycles. The van der Waals surface area contributed by atoms with Gasteiger partial charge in [-0.1, -0.05) is 17.7 Å². The number of aromatic nitrogens is 2. The summed E-state index contributed by atoms with van der Waals surface area (Å²) in [5, 5.41) is 7.85. The number of benzene rings is 1. The molecule has 0 spiro atoms. The lowest BCUT2D eigenvalue weighted by molar-refractivity contribution is 0.372. The van der Waals surface area contributed by atoms with Crippen LogP contribution in [0.3, 0.4) is 0 Å².